The van der Waals surface area contributed by atoms with Crippen molar-refractivity contribution in [2.45, 2.75) is 26.0 Å². The molecular weight excluding hydrogens is 264 g/mol. The lowest BCUT2D eigenvalue weighted by molar-refractivity contribution is -0.130. The minimum atomic E-state index is -0.498. The van der Waals surface area contributed by atoms with Crippen molar-refractivity contribution in [1.82, 2.24) is 10.3 Å². The Morgan fingerprint density at radius 2 is 1.90 bits per heavy atom. The van der Waals surface area contributed by atoms with E-state index in [-0.39, 0.29) is 11.9 Å². The van der Waals surface area contributed by atoms with Crippen molar-refractivity contribution in [2.24, 2.45) is 0 Å². The number of hydrogen-bond donors (Lipinski definition) is 1. The van der Waals surface area contributed by atoms with Crippen LogP contribution >= 0.6 is 0 Å². The van der Waals surface area contributed by atoms with Gasteiger partial charge in [0.25, 0.3) is 0 Å². The van der Waals surface area contributed by atoms with E-state index in [1.165, 1.54) is 12.7 Å². The number of hydrogen-bond acceptors (Lipinski definition) is 3. The number of benzene rings is 1. The fraction of sp³-hybridized carbons (Fsp3) is 0.294. The number of methoxy groups -OCH3 is 1. The van der Waals surface area contributed by atoms with Gasteiger partial charge in [-0.15, -0.1) is 0 Å². The first-order chi connectivity index (χ1) is 10.1. The SMILES string of the molecule is CO[C@@H](C)C(=O)N[C@@H](c1ccc(C)cc1)c1ccccn1. The van der Waals surface area contributed by atoms with Crippen molar-refractivity contribution in [3.05, 3.63) is 65.5 Å². The zero-order valence-corrected chi connectivity index (χ0v) is 12.5. The van der Waals surface area contributed by atoms with Crippen molar-refractivity contribution in [3.8, 4) is 0 Å². The number of rotatable bonds is 5. The first-order valence-electron chi connectivity index (χ1n) is 6.92. The average Bonchev–Trinajstić information content (AvgIpc) is 2.53. The van der Waals surface area contributed by atoms with Gasteiger partial charge in [0.1, 0.15) is 6.10 Å². The third-order valence-corrected chi connectivity index (χ3v) is 3.40. The van der Waals surface area contributed by atoms with Crippen molar-refractivity contribution in [3.63, 3.8) is 0 Å². The second-order valence-corrected chi connectivity index (χ2v) is 4.98. The largest absolute Gasteiger partial charge is 0.372 e. The molecule has 2 rings (SSSR count). The van der Waals surface area contributed by atoms with Crippen LogP contribution in [0.2, 0.25) is 0 Å². The summed E-state index contributed by atoms with van der Waals surface area (Å²) in [4.78, 5) is 16.5. The van der Waals surface area contributed by atoms with Gasteiger partial charge in [-0.2, -0.15) is 0 Å². The van der Waals surface area contributed by atoms with E-state index in [0.29, 0.717) is 0 Å². The molecule has 0 radical (unpaired) electrons. The summed E-state index contributed by atoms with van der Waals surface area (Å²) in [5.74, 6) is -0.159. The summed E-state index contributed by atoms with van der Waals surface area (Å²) in [6, 6.07) is 13.5. The van der Waals surface area contributed by atoms with E-state index < -0.39 is 6.10 Å². The predicted octanol–water partition coefficient (Wildman–Crippen LogP) is 2.63. The second kappa shape index (κ2) is 6.99. The van der Waals surface area contributed by atoms with Crippen LogP contribution in [0, 0.1) is 6.92 Å². The van der Waals surface area contributed by atoms with Gasteiger partial charge < -0.3 is 10.1 Å². The van der Waals surface area contributed by atoms with Gasteiger partial charge in [0.05, 0.1) is 11.7 Å². The summed E-state index contributed by atoms with van der Waals surface area (Å²) in [5.41, 5.74) is 2.98. The molecule has 4 heteroatoms. The van der Waals surface area contributed by atoms with Crippen LogP contribution in [0.1, 0.15) is 29.8 Å². The second-order valence-electron chi connectivity index (χ2n) is 4.98. The highest BCUT2D eigenvalue weighted by molar-refractivity contribution is 5.81. The maximum absolute atomic E-state index is 12.1. The van der Waals surface area contributed by atoms with Crippen LogP contribution in [0.4, 0.5) is 0 Å². The van der Waals surface area contributed by atoms with E-state index in [4.69, 9.17) is 4.74 Å². The van der Waals surface area contributed by atoms with Gasteiger partial charge in [0.2, 0.25) is 5.91 Å². The minimum Gasteiger partial charge on any atom is -0.372 e. The molecular formula is C17H20N2O2. The number of nitrogens with zero attached hydrogens (tertiary/aromatic N) is 1. The predicted molar refractivity (Wildman–Crippen MR) is 81.9 cm³/mol. The number of amides is 1. The molecule has 2 aromatic rings. The summed E-state index contributed by atoms with van der Waals surface area (Å²) >= 11 is 0. The van der Waals surface area contributed by atoms with E-state index >= 15 is 0 Å². The fourth-order valence-electron chi connectivity index (χ4n) is 2.00. The highest BCUT2D eigenvalue weighted by Crippen LogP contribution is 2.21. The summed E-state index contributed by atoms with van der Waals surface area (Å²) in [6.07, 6.45) is 1.23. The van der Waals surface area contributed by atoms with E-state index in [0.717, 1.165) is 11.3 Å². The Bertz CT molecular complexity index is 581. The molecule has 1 N–H and O–H groups in total. The summed E-state index contributed by atoms with van der Waals surface area (Å²) < 4.78 is 5.07. The molecule has 1 aromatic heterocycles. The zero-order chi connectivity index (χ0) is 15.2. The molecule has 0 aliphatic rings. The lowest BCUT2D eigenvalue weighted by Gasteiger charge is -2.21. The van der Waals surface area contributed by atoms with Crippen molar-refractivity contribution >= 4 is 5.91 Å². The lowest BCUT2D eigenvalue weighted by Crippen LogP contribution is -2.37. The third kappa shape index (κ3) is 3.89. The quantitative estimate of drug-likeness (QED) is 0.918. The van der Waals surface area contributed by atoms with Crippen LogP contribution in [-0.4, -0.2) is 24.1 Å². The monoisotopic (exact) mass is 284 g/mol. The lowest BCUT2D eigenvalue weighted by atomic mass is 10.0. The fourth-order valence-corrected chi connectivity index (χ4v) is 2.00. The number of carbonyl (C=O) groups is 1. The average molecular weight is 284 g/mol. The minimum absolute atomic E-state index is 0.159. The molecule has 0 spiro atoms. The van der Waals surface area contributed by atoms with Crippen LogP contribution in [0.3, 0.4) is 0 Å². The maximum atomic E-state index is 12.1. The van der Waals surface area contributed by atoms with Crippen molar-refractivity contribution in [1.29, 1.82) is 0 Å². The van der Waals surface area contributed by atoms with Crippen molar-refractivity contribution < 1.29 is 9.53 Å². The first-order valence-corrected chi connectivity index (χ1v) is 6.92. The third-order valence-electron chi connectivity index (χ3n) is 3.40. The van der Waals surface area contributed by atoms with Gasteiger partial charge in [-0.05, 0) is 31.5 Å². The van der Waals surface area contributed by atoms with Gasteiger partial charge in [0, 0.05) is 13.3 Å². The van der Waals surface area contributed by atoms with Crippen LogP contribution in [-0.2, 0) is 9.53 Å². The number of aryl methyl sites for hydroxylation is 1. The number of ether oxygens (including phenoxy) is 1. The molecule has 0 saturated carbocycles. The van der Waals surface area contributed by atoms with Gasteiger partial charge in [-0.3, -0.25) is 9.78 Å². The molecule has 4 nitrogen and oxygen atoms in total. The molecule has 0 fully saturated rings. The van der Waals surface area contributed by atoms with Gasteiger partial charge >= 0.3 is 0 Å². The van der Waals surface area contributed by atoms with E-state index in [9.17, 15) is 4.79 Å². The standard InChI is InChI=1S/C17H20N2O2/c1-12-7-9-14(10-8-12)16(15-6-4-5-11-18-15)19-17(20)13(2)21-3/h4-11,13,16H,1-3H3,(H,19,20)/t13-,16-/m0/s1. The Labute approximate surface area is 125 Å². The molecule has 1 amide bonds. The van der Waals surface area contributed by atoms with Crippen LogP contribution in [0.5, 0.6) is 0 Å². The highest BCUT2D eigenvalue weighted by Gasteiger charge is 2.21. The first kappa shape index (κ1) is 15.2. The normalized spacial score (nSPS) is 13.5. The Morgan fingerprint density at radius 1 is 1.19 bits per heavy atom. The van der Waals surface area contributed by atoms with Crippen molar-refractivity contribution in [2.75, 3.05) is 7.11 Å². The number of pyridine rings is 1. The van der Waals surface area contributed by atoms with Gasteiger partial charge in [-0.1, -0.05) is 35.9 Å². The molecule has 0 bridgehead atoms. The Hall–Kier alpha value is -2.20. The number of aromatic nitrogens is 1. The molecule has 0 saturated heterocycles. The smallest absolute Gasteiger partial charge is 0.249 e. The van der Waals surface area contributed by atoms with Crippen LogP contribution in [0.25, 0.3) is 0 Å². The summed E-state index contributed by atoms with van der Waals surface area (Å²) in [5, 5.41) is 2.99. The van der Waals surface area contributed by atoms with Gasteiger partial charge in [-0.25, -0.2) is 0 Å². The molecule has 110 valence electrons. The maximum Gasteiger partial charge on any atom is 0.249 e. The van der Waals surface area contributed by atoms with E-state index in [2.05, 4.69) is 10.3 Å². The Kier molecular flexibility index (Phi) is 5.06. The topological polar surface area (TPSA) is 51.2 Å². The van der Waals surface area contributed by atoms with E-state index in [1.54, 1.807) is 13.1 Å². The van der Waals surface area contributed by atoms with Gasteiger partial charge in [0.15, 0.2) is 0 Å². The summed E-state index contributed by atoms with van der Waals surface area (Å²) in [7, 11) is 1.52. The number of nitrogens with one attached hydrogen (secondary N) is 1. The molecule has 21 heavy (non-hydrogen) atoms. The summed E-state index contributed by atoms with van der Waals surface area (Å²) in [6.45, 7) is 3.76. The highest BCUT2D eigenvalue weighted by atomic mass is 16.5. The molecule has 2 atom stereocenters. The molecule has 0 aliphatic heterocycles. The van der Waals surface area contributed by atoms with Crippen LogP contribution in [0.15, 0.2) is 48.7 Å². The molecule has 0 aliphatic carbocycles. The number of carbonyl (C=O) groups excluding carboxylic acids is 1. The molecule has 1 heterocycles. The Morgan fingerprint density at radius 3 is 2.48 bits per heavy atom. The Balaban J connectivity index is 2.31. The zero-order valence-electron chi connectivity index (χ0n) is 12.5. The van der Waals surface area contributed by atoms with Crippen LogP contribution < -0.4 is 5.32 Å². The molecule has 0 unspecified atom stereocenters. The molecule has 1 aromatic carbocycles. The van der Waals surface area contributed by atoms with E-state index in [1.807, 2.05) is 49.4 Å².